The molecule has 0 atom stereocenters. The zero-order valence-electron chi connectivity index (χ0n) is 11.9. The van der Waals surface area contributed by atoms with Gasteiger partial charge in [-0.3, -0.25) is 9.59 Å². The van der Waals surface area contributed by atoms with E-state index in [1.54, 1.807) is 13.8 Å². The summed E-state index contributed by atoms with van der Waals surface area (Å²) in [5.41, 5.74) is -1.01. The second kappa shape index (κ2) is 6.62. The van der Waals surface area contributed by atoms with Crippen LogP contribution in [0.15, 0.2) is 0 Å². The number of hydrogen-bond donors (Lipinski definition) is 2. The van der Waals surface area contributed by atoms with Gasteiger partial charge in [0.25, 0.3) is 0 Å². The Morgan fingerprint density at radius 2 is 1.18 bits per heavy atom. The molecule has 0 rings (SSSR count). The van der Waals surface area contributed by atoms with Crippen LogP contribution in [0.5, 0.6) is 0 Å². The van der Waals surface area contributed by atoms with Gasteiger partial charge in [-0.05, 0) is 25.7 Å². The third kappa shape index (κ3) is 5.71. The Morgan fingerprint density at radius 1 is 0.882 bits per heavy atom. The number of carbonyl (C=O) groups is 2. The standard InChI is InChI=1S/C13H26N2O2/c1-9(2)7-14-11(16)13(5,6)12(17)15-8-10(3)4/h9-10H,7-8H2,1-6H3,(H,14,16)(H,15,17). The molecule has 17 heavy (non-hydrogen) atoms. The Kier molecular flexibility index (Phi) is 6.21. The van der Waals surface area contributed by atoms with Gasteiger partial charge < -0.3 is 10.6 Å². The van der Waals surface area contributed by atoms with Gasteiger partial charge in [-0.25, -0.2) is 0 Å². The third-order valence-corrected chi connectivity index (χ3v) is 2.48. The normalized spacial score (nSPS) is 11.8. The van der Waals surface area contributed by atoms with Crippen molar-refractivity contribution in [3.63, 3.8) is 0 Å². The summed E-state index contributed by atoms with van der Waals surface area (Å²) in [7, 11) is 0. The van der Waals surface area contributed by atoms with Gasteiger partial charge in [-0.2, -0.15) is 0 Å². The molecule has 4 nitrogen and oxygen atoms in total. The summed E-state index contributed by atoms with van der Waals surface area (Å²) in [6.07, 6.45) is 0. The van der Waals surface area contributed by atoms with Crippen LogP contribution < -0.4 is 10.6 Å². The highest BCUT2D eigenvalue weighted by Gasteiger charge is 2.35. The van der Waals surface area contributed by atoms with Crippen molar-refractivity contribution in [2.45, 2.75) is 41.5 Å². The molecule has 2 amide bonds. The van der Waals surface area contributed by atoms with Crippen molar-refractivity contribution in [1.29, 1.82) is 0 Å². The third-order valence-electron chi connectivity index (χ3n) is 2.48. The fourth-order valence-corrected chi connectivity index (χ4v) is 1.14. The number of nitrogens with one attached hydrogen (secondary N) is 2. The molecule has 0 heterocycles. The molecule has 0 saturated carbocycles. The molecule has 0 spiro atoms. The van der Waals surface area contributed by atoms with Crippen molar-refractivity contribution in [3.05, 3.63) is 0 Å². The van der Waals surface area contributed by atoms with Crippen molar-refractivity contribution >= 4 is 11.8 Å². The summed E-state index contributed by atoms with van der Waals surface area (Å²) in [5.74, 6) is 0.335. The second-order valence-electron chi connectivity index (χ2n) is 5.83. The zero-order valence-corrected chi connectivity index (χ0v) is 11.9. The van der Waals surface area contributed by atoms with Crippen LogP contribution in [-0.2, 0) is 9.59 Å². The number of carbonyl (C=O) groups excluding carboxylic acids is 2. The van der Waals surface area contributed by atoms with Crippen molar-refractivity contribution in [1.82, 2.24) is 10.6 Å². The van der Waals surface area contributed by atoms with E-state index < -0.39 is 5.41 Å². The Labute approximate surface area is 105 Å². The number of hydrogen-bond acceptors (Lipinski definition) is 2. The highest BCUT2D eigenvalue weighted by molar-refractivity contribution is 6.04. The van der Waals surface area contributed by atoms with Crippen molar-refractivity contribution < 1.29 is 9.59 Å². The number of rotatable bonds is 6. The van der Waals surface area contributed by atoms with Gasteiger partial charge in [0.1, 0.15) is 5.41 Å². The van der Waals surface area contributed by atoms with Gasteiger partial charge in [0, 0.05) is 13.1 Å². The van der Waals surface area contributed by atoms with Gasteiger partial charge in [-0.1, -0.05) is 27.7 Å². The minimum atomic E-state index is -1.01. The van der Waals surface area contributed by atoms with Crippen molar-refractivity contribution in [2.24, 2.45) is 17.3 Å². The van der Waals surface area contributed by atoms with Gasteiger partial charge in [-0.15, -0.1) is 0 Å². The lowest BCUT2D eigenvalue weighted by Gasteiger charge is -2.23. The minimum absolute atomic E-state index is 0.215. The molecule has 0 fully saturated rings. The monoisotopic (exact) mass is 242 g/mol. The fraction of sp³-hybridized carbons (Fsp3) is 0.846. The minimum Gasteiger partial charge on any atom is -0.355 e. The maximum Gasteiger partial charge on any atom is 0.235 e. The van der Waals surface area contributed by atoms with E-state index in [0.29, 0.717) is 24.9 Å². The average Bonchev–Trinajstić information content (AvgIpc) is 2.21. The van der Waals surface area contributed by atoms with E-state index in [4.69, 9.17) is 0 Å². The van der Waals surface area contributed by atoms with Crippen LogP contribution in [-0.4, -0.2) is 24.9 Å². The summed E-state index contributed by atoms with van der Waals surface area (Å²) < 4.78 is 0. The summed E-state index contributed by atoms with van der Waals surface area (Å²) in [5, 5.41) is 5.58. The average molecular weight is 242 g/mol. The van der Waals surface area contributed by atoms with Crippen molar-refractivity contribution in [2.75, 3.05) is 13.1 Å². The highest BCUT2D eigenvalue weighted by atomic mass is 16.2. The molecule has 0 aliphatic carbocycles. The molecule has 0 bridgehead atoms. The van der Waals surface area contributed by atoms with Crippen LogP contribution in [0.25, 0.3) is 0 Å². The predicted molar refractivity (Wildman–Crippen MR) is 69.5 cm³/mol. The Morgan fingerprint density at radius 3 is 1.41 bits per heavy atom. The predicted octanol–water partition coefficient (Wildman–Crippen LogP) is 1.56. The molecule has 0 aliphatic heterocycles. The van der Waals surface area contributed by atoms with Crippen LogP contribution in [0.1, 0.15) is 41.5 Å². The van der Waals surface area contributed by atoms with Crippen molar-refractivity contribution in [3.8, 4) is 0 Å². The molecular weight excluding hydrogens is 216 g/mol. The van der Waals surface area contributed by atoms with Gasteiger partial charge >= 0.3 is 0 Å². The smallest absolute Gasteiger partial charge is 0.235 e. The maximum absolute atomic E-state index is 11.9. The first-order valence-corrected chi connectivity index (χ1v) is 6.24. The van der Waals surface area contributed by atoms with Crippen LogP contribution in [0.4, 0.5) is 0 Å². The summed E-state index contributed by atoms with van der Waals surface area (Å²) >= 11 is 0. The van der Waals surface area contributed by atoms with E-state index in [-0.39, 0.29) is 11.8 Å². The molecule has 100 valence electrons. The lowest BCUT2D eigenvalue weighted by Crippen LogP contribution is -2.49. The maximum atomic E-state index is 11.9. The fourth-order valence-electron chi connectivity index (χ4n) is 1.14. The van der Waals surface area contributed by atoms with Crippen LogP contribution >= 0.6 is 0 Å². The zero-order chi connectivity index (χ0) is 13.6. The van der Waals surface area contributed by atoms with Crippen LogP contribution in [0, 0.1) is 17.3 Å². The Hall–Kier alpha value is -1.06. The number of amides is 2. The lowest BCUT2D eigenvalue weighted by molar-refractivity contribution is -0.141. The van der Waals surface area contributed by atoms with Gasteiger partial charge in [0.2, 0.25) is 11.8 Å². The molecule has 0 radical (unpaired) electrons. The van der Waals surface area contributed by atoms with Crippen LogP contribution in [0.3, 0.4) is 0 Å². The summed E-state index contributed by atoms with van der Waals surface area (Å²) in [6, 6.07) is 0. The summed E-state index contributed by atoms with van der Waals surface area (Å²) in [6.45, 7) is 12.6. The van der Waals surface area contributed by atoms with E-state index >= 15 is 0 Å². The topological polar surface area (TPSA) is 58.2 Å². The second-order valence-corrected chi connectivity index (χ2v) is 5.83. The van der Waals surface area contributed by atoms with E-state index in [1.807, 2.05) is 27.7 Å². The van der Waals surface area contributed by atoms with Gasteiger partial charge in [0.05, 0.1) is 0 Å². The van der Waals surface area contributed by atoms with E-state index in [9.17, 15) is 9.59 Å². The van der Waals surface area contributed by atoms with E-state index in [2.05, 4.69) is 10.6 Å². The molecule has 2 N–H and O–H groups in total. The molecular formula is C13H26N2O2. The quantitative estimate of drug-likeness (QED) is 0.694. The molecule has 0 saturated heterocycles. The van der Waals surface area contributed by atoms with E-state index in [0.717, 1.165) is 0 Å². The van der Waals surface area contributed by atoms with Crippen LogP contribution in [0.2, 0.25) is 0 Å². The first kappa shape index (κ1) is 15.9. The lowest BCUT2D eigenvalue weighted by atomic mass is 9.90. The highest BCUT2D eigenvalue weighted by Crippen LogP contribution is 2.15. The SMILES string of the molecule is CC(C)CNC(=O)C(C)(C)C(=O)NCC(C)C. The molecule has 0 aromatic carbocycles. The first-order valence-electron chi connectivity index (χ1n) is 6.24. The Bertz CT molecular complexity index is 245. The van der Waals surface area contributed by atoms with E-state index in [1.165, 1.54) is 0 Å². The molecule has 0 aliphatic rings. The molecule has 4 heteroatoms. The molecule has 0 aromatic rings. The first-order chi connectivity index (χ1) is 7.67. The van der Waals surface area contributed by atoms with Gasteiger partial charge in [0.15, 0.2) is 0 Å². The Balaban J connectivity index is 4.33. The molecule has 0 unspecified atom stereocenters. The summed E-state index contributed by atoms with van der Waals surface area (Å²) in [4.78, 5) is 23.8. The largest absolute Gasteiger partial charge is 0.355 e. The molecule has 0 aromatic heterocycles.